The number of allylic oxidation sites excluding steroid dienone is 1. The molecule has 5 nitrogen and oxygen atoms in total. The molecule has 1 fully saturated rings. The molecular formula is C8H11NO4. The van der Waals surface area contributed by atoms with Gasteiger partial charge in [-0.05, 0) is 19.3 Å². The van der Waals surface area contributed by atoms with Gasteiger partial charge in [0.25, 0.3) is 0 Å². The highest BCUT2D eigenvalue weighted by molar-refractivity contribution is 5.80. The Kier molecular flexibility index (Phi) is 2.55. The van der Waals surface area contributed by atoms with Gasteiger partial charge >= 0.3 is 12.1 Å². The van der Waals surface area contributed by atoms with Gasteiger partial charge in [-0.3, -0.25) is 4.90 Å². The number of hydrogen-bond acceptors (Lipinski definition) is 2. The Morgan fingerprint density at radius 1 is 1.46 bits per heavy atom. The molecule has 1 amide bonds. The summed E-state index contributed by atoms with van der Waals surface area (Å²) in [4.78, 5) is 22.2. The maximum atomic E-state index is 10.7. The average molecular weight is 185 g/mol. The number of carbonyl (C=O) groups is 2. The van der Waals surface area contributed by atoms with Crippen LogP contribution in [0.3, 0.4) is 0 Å². The first-order chi connectivity index (χ1) is 6.04. The standard InChI is InChI=1S/C8H11NO4/c1-5-3-2-4-6(7(10)11)9(5)8(12)13/h6H,1-4H2,(H,10,11)(H,12,13)/t6-/m0/s1. The van der Waals surface area contributed by atoms with Crippen molar-refractivity contribution in [3.05, 3.63) is 12.3 Å². The fraction of sp³-hybridized carbons (Fsp3) is 0.500. The van der Waals surface area contributed by atoms with Gasteiger partial charge in [0.05, 0.1) is 0 Å². The van der Waals surface area contributed by atoms with E-state index in [1.165, 1.54) is 0 Å². The minimum atomic E-state index is -1.24. The first kappa shape index (κ1) is 9.57. The van der Waals surface area contributed by atoms with Crippen LogP contribution in [0.5, 0.6) is 0 Å². The molecule has 0 bridgehead atoms. The zero-order valence-corrected chi connectivity index (χ0v) is 7.06. The number of hydrogen-bond donors (Lipinski definition) is 2. The second kappa shape index (κ2) is 3.47. The van der Waals surface area contributed by atoms with Crippen LogP contribution in [0, 0.1) is 0 Å². The molecule has 0 unspecified atom stereocenters. The molecule has 0 aromatic heterocycles. The predicted octanol–water partition coefficient (Wildman–Crippen LogP) is 1.12. The van der Waals surface area contributed by atoms with Gasteiger partial charge in [0.2, 0.25) is 0 Å². The van der Waals surface area contributed by atoms with E-state index in [9.17, 15) is 9.59 Å². The first-order valence-corrected chi connectivity index (χ1v) is 3.96. The molecule has 1 heterocycles. The van der Waals surface area contributed by atoms with Gasteiger partial charge in [-0.15, -0.1) is 0 Å². The lowest BCUT2D eigenvalue weighted by molar-refractivity contribution is -0.142. The highest BCUT2D eigenvalue weighted by atomic mass is 16.4. The SMILES string of the molecule is C=C1CCC[C@@H](C(=O)O)N1C(=O)O. The second-order valence-corrected chi connectivity index (χ2v) is 2.97. The highest BCUT2D eigenvalue weighted by Crippen LogP contribution is 2.24. The van der Waals surface area contributed by atoms with Gasteiger partial charge in [-0.2, -0.15) is 0 Å². The monoisotopic (exact) mass is 185 g/mol. The fourth-order valence-corrected chi connectivity index (χ4v) is 1.47. The molecule has 0 aromatic rings. The van der Waals surface area contributed by atoms with Gasteiger partial charge < -0.3 is 10.2 Å². The number of likely N-dealkylation sites (tertiary alicyclic amines) is 1. The lowest BCUT2D eigenvalue weighted by Crippen LogP contribution is -2.45. The van der Waals surface area contributed by atoms with Crippen molar-refractivity contribution in [3.63, 3.8) is 0 Å². The van der Waals surface area contributed by atoms with Crippen molar-refractivity contribution >= 4 is 12.1 Å². The highest BCUT2D eigenvalue weighted by Gasteiger charge is 2.34. The van der Waals surface area contributed by atoms with Crippen molar-refractivity contribution in [1.29, 1.82) is 0 Å². The molecule has 1 aliphatic heterocycles. The zero-order valence-electron chi connectivity index (χ0n) is 7.06. The smallest absolute Gasteiger partial charge is 0.412 e. The van der Waals surface area contributed by atoms with Crippen LogP contribution in [0.15, 0.2) is 12.3 Å². The van der Waals surface area contributed by atoms with Crippen LogP contribution in [0.25, 0.3) is 0 Å². The summed E-state index contributed by atoms with van der Waals surface area (Å²) >= 11 is 0. The van der Waals surface area contributed by atoms with Crippen LogP contribution in [0.4, 0.5) is 4.79 Å². The summed E-state index contributed by atoms with van der Waals surface area (Å²) in [7, 11) is 0. The minimum Gasteiger partial charge on any atom is -0.480 e. The molecule has 0 spiro atoms. The van der Waals surface area contributed by atoms with Crippen LogP contribution in [0.1, 0.15) is 19.3 Å². The topological polar surface area (TPSA) is 77.8 Å². The van der Waals surface area contributed by atoms with E-state index < -0.39 is 18.1 Å². The molecule has 1 aliphatic rings. The van der Waals surface area contributed by atoms with Gasteiger partial charge in [0.15, 0.2) is 0 Å². The van der Waals surface area contributed by atoms with Crippen LogP contribution >= 0.6 is 0 Å². The molecule has 13 heavy (non-hydrogen) atoms. The van der Waals surface area contributed by atoms with E-state index in [1.807, 2.05) is 0 Å². The summed E-state index contributed by atoms with van der Waals surface area (Å²) in [5.74, 6) is -1.11. The molecule has 1 saturated heterocycles. The lowest BCUT2D eigenvalue weighted by Gasteiger charge is -2.32. The summed E-state index contributed by atoms with van der Waals surface area (Å²) in [5.41, 5.74) is 0.367. The number of carboxylic acid groups (broad SMARTS) is 2. The van der Waals surface area contributed by atoms with Crippen LogP contribution in [-0.4, -0.2) is 33.2 Å². The molecule has 5 heteroatoms. The third-order valence-electron chi connectivity index (χ3n) is 2.09. The molecule has 0 aliphatic carbocycles. The number of aliphatic carboxylic acids is 1. The first-order valence-electron chi connectivity index (χ1n) is 3.96. The number of rotatable bonds is 1. The van der Waals surface area contributed by atoms with E-state index in [1.54, 1.807) is 0 Å². The van der Waals surface area contributed by atoms with E-state index in [2.05, 4.69) is 6.58 Å². The number of amides is 1. The molecular weight excluding hydrogens is 174 g/mol. The Bertz CT molecular complexity index is 261. The normalized spacial score (nSPS) is 22.9. The molecule has 0 radical (unpaired) electrons. The average Bonchev–Trinajstić information content (AvgIpc) is 2.02. The van der Waals surface area contributed by atoms with Crippen molar-refractivity contribution in [3.8, 4) is 0 Å². The summed E-state index contributed by atoms with van der Waals surface area (Å²) in [5, 5.41) is 17.5. The Labute approximate surface area is 75.3 Å². The van der Waals surface area contributed by atoms with Gasteiger partial charge in [-0.25, -0.2) is 9.59 Å². The maximum absolute atomic E-state index is 10.7. The molecule has 72 valence electrons. The van der Waals surface area contributed by atoms with E-state index in [0.29, 0.717) is 25.0 Å². The number of piperidine rings is 1. The predicted molar refractivity (Wildman–Crippen MR) is 44.3 cm³/mol. The Morgan fingerprint density at radius 2 is 2.08 bits per heavy atom. The summed E-state index contributed by atoms with van der Waals surface area (Å²) in [6, 6.07) is -0.959. The summed E-state index contributed by atoms with van der Waals surface area (Å²) < 4.78 is 0. The Morgan fingerprint density at radius 3 is 2.46 bits per heavy atom. The minimum absolute atomic E-state index is 0.362. The van der Waals surface area contributed by atoms with E-state index in [4.69, 9.17) is 10.2 Å². The zero-order chi connectivity index (χ0) is 10.0. The lowest BCUT2D eigenvalue weighted by atomic mass is 10.0. The van der Waals surface area contributed by atoms with E-state index in [-0.39, 0.29) is 0 Å². The van der Waals surface area contributed by atoms with Crippen molar-refractivity contribution in [2.45, 2.75) is 25.3 Å². The summed E-state index contributed by atoms with van der Waals surface area (Å²) in [6.45, 7) is 3.53. The van der Waals surface area contributed by atoms with Gasteiger partial charge in [0.1, 0.15) is 6.04 Å². The quantitative estimate of drug-likeness (QED) is 0.641. The number of nitrogens with zero attached hydrogens (tertiary/aromatic N) is 1. The second-order valence-electron chi connectivity index (χ2n) is 2.97. The molecule has 0 aromatic carbocycles. The Balaban J connectivity index is 2.86. The van der Waals surface area contributed by atoms with Crippen LogP contribution in [-0.2, 0) is 4.79 Å². The molecule has 1 rings (SSSR count). The largest absolute Gasteiger partial charge is 0.480 e. The van der Waals surface area contributed by atoms with E-state index in [0.717, 1.165) is 4.90 Å². The van der Waals surface area contributed by atoms with Crippen molar-refractivity contribution in [2.24, 2.45) is 0 Å². The number of carboxylic acids is 1. The van der Waals surface area contributed by atoms with Crippen molar-refractivity contribution < 1.29 is 19.8 Å². The summed E-state index contributed by atoms with van der Waals surface area (Å²) in [6.07, 6.45) is 0.355. The van der Waals surface area contributed by atoms with E-state index >= 15 is 0 Å². The van der Waals surface area contributed by atoms with Gasteiger partial charge in [-0.1, -0.05) is 6.58 Å². The molecule has 2 N–H and O–H groups in total. The van der Waals surface area contributed by atoms with Crippen LogP contribution < -0.4 is 0 Å². The molecule has 1 atom stereocenters. The van der Waals surface area contributed by atoms with Gasteiger partial charge in [0, 0.05) is 5.70 Å². The third-order valence-corrected chi connectivity index (χ3v) is 2.09. The molecule has 0 saturated carbocycles. The third kappa shape index (κ3) is 1.80. The van der Waals surface area contributed by atoms with Crippen molar-refractivity contribution in [1.82, 2.24) is 4.90 Å². The fourth-order valence-electron chi connectivity index (χ4n) is 1.47. The van der Waals surface area contributed by atoms with Crippen molar-refractivity contribution in [2.75, 3.05) is 0 Å². The Hall–Kier alpha value is -1.52. The maximum Gasteiger partial charge on any atom is 0.412 e. The van der Waals surface area contributed by atoms with Crippen LogP contribution in [0.2, 0.25) is 0 Å².